The van der Waals surface area contributed by atoms with Gasteiger partial charge < -0.3 is 14.0 Å². The Hall–Kier alpha value is -2.59. The minimum absolute atomic E-state index is 0.555. The Morgan fingerprint density at radius 3 is 2.56 bits per heavy atom. The fourth-order valence-corrected chi connectivity index (χ4v) is 3.69. The molecule has 126 valence electrons. The predicted molar refractivity (Wildman–Crippen MR) is 93.3 cm³/mol. The van der Waals surface area contributed by atoms with E-state index in [1.54, 1.807) is 0 Å². The molecule has 0 bridgehead atoms. The molecule has 3 aromatic heterocycles. The van der Waals surface area contributed by atoms with Crippen LogP contribution in [0.3, 0.4) is 0 Å². The molecule has 0 saturated heterocycles. The molecule has 4 heterocycles. The molecule has 0 spiro atoms. The molecular weight excluding hydrogens is 360 g/mol. The Morgan fingerprint density at radius 1 is 1.00 bits per heavy atom. The molecule has 0 amide bonds. The Labute approximate surface area is 150 Å². The minimum Gasteiger partial charge on any atom is -0.489 e. The summed E-state index contributed by atoms with van der Waals surface area (Å²) in [5, 5.41) is 12.1. The topological polar surface area (TPSA) is 87.8 Å². The van der Waals surface area contributed by atoms with Crippen molar-refractivity contribution in [2.75, 3.05) is 13.2 Å². The van der Waals surface area contributed by atoms with E-state index in [9.17, 15) is 0 Å². The van der Waals surface area contributed by atoms with Crippen LogP contribution < -0.4 is 9.47 Å². The van der Waals surface area contributed by atoms with Gasteiger partial charge in [-0.25, -0.2) is 4.98 Å². The smallest absolute Gasteiger partial charge is 0.163 e. The van der Waals surface area contributed by atoms with Crippen molar-refractivity contribution in [1.82, 2.24) is 28.7 Å². The minimum atomic E-state index is 0.555. The molecule has 1 aromatic carbocycles. The molecule has 8 nitrogen and oxygen atoms in total. The number of nitrogens with zero attached hydrogens (tertiary/aromatic N) is 6. The number of rotatable bonds is 3. The normalized spacial score (nSPS) is 13.9. The number of hydrogen-bond donors (Lipinski definition) is 0. The second-order valence-electron chi connectivity index (χ2n) is 5.55. The van der Waals surface area contributed by atoms with Crippen molar-refractivity contribution >= 4 is 34.1 Å². The number of ether oxygens (including phenoxy) is 2. The highest BCUT2D eigenvalue weighted by atomic mass is 32.1. The lowest BCUT2D eigenvalue weighted by Gasteiger charge is -2.09. The maximum atomic E-state index is 5.83. The lowest BCUT2D eigenvalue weighted by molar-refractivity contribution is 0.297. The second kappa shape index (κ2) is 6.05. The van der Waals surface area contributed by atoms with Crippen molar-refractivity contribution in [3.05, 3.63) is 28.6 Å². The highest BCUT2D eigenvalue weighted by Crippen LogP contribution is 2.36. The summed E-state index contributed by atoms with van der Waals surface area (Å²) in [5.41, 5.74) is 3.39. The summed E-state index contributed by atoms with van der Waals surface area (Å²) < 4.78 is 21.6. The van der Waals surface area contributed by atoms with E-state index in [-0.39, 0.29) is 0 Å². The lowest BCUT2D eigenvalue weighted by Crippen LogP contribution is -2.03. The van der Waals surface area contributed by atoms with Gasteiger partial charge in [-0.15, -0.1) is 10.2 Å². The fourth-order valence-electron chi connectivity index (χ4n) is 2.81. The van der Waals surface area contributed by atoms with Gasteiger partial charge in [0, 0.05) is 29.3 Å². The first-order valence-corrected chi connectivity index (χ1v) is 9.39. The third kappa shape index (κ3) is 2.63. The van der Waals surface area contributed by atoms with E-state index in [4.69, 9.17) is 14.5 Å². The standard InChI is InChI=1S/C15H12N6O2S2/c1-2-22-13-4-10-12(5-14(13)23-3-1)21(6-9-7-24-19-17-9)15(16-10)11-8-25-20-18-11/h4-5,7-8H,1-3,6H2. The van der Waals surface area contributed by atoms with E-state index in [0.717, 1.165) is 46.2 Å². The number of aromatic nitrogens is 6. The molecule has 0 N–H and O–H groups in total. The van der Waals surface area contributed by atoms with Crippen LogP contribution in [0.15, 0.2) is 22.9 Å². The van der Waals surface area contributed by atoms with Gasteiger partial charge in [0.25, 0.3) is 0 Å². The van der Waals surface area contributed by atoms with Crippen LogP contribution in [0.4, 0.5) is 0 Å². The summed E-state index contributed by atoms with van der Waals surface area (Å²) in [4.78, 5) is 4.76. The predicted octanol–water partition coefficient (Wildman–Crippen LogP) is 2.62. The van der Waals surface area contributed by atoms with E-state index in [2.05, 4.69) is 23.7 Å². The first-order valence-electron chi connectivity index (χ1n) is 7.72. The average molecular weight is 372 g/mol. The Morgan fingerprint density at radius 2 is 1.80 bits per heavy atom. The Balaban J connectivity index is 1.71. The monoisotopic (exact) mass is 372 g/mol. The van der Waals surface area contributed by atoms with Crippen LogP contribution in [-0.2, 0) is 6.54 Å². The molecule has 10 heteroatoms. The average Bonchev–Trinajstić information content (AvgIpc) is 3.34. The molecule has 0 fully saturated rings. The summed E-state index contributed by atoms with van der Waals surface area (Å²) in [7, 11) is 0. The summed E-state index contributed by atoms with van der Waals surface area (Å²) in [6.45, 7) is 1.84. The number of benzene rings is 1. The SMILES string of the molecule is c1snnc1Cn1c(-c2csnn2)nc2cc3c(cc21)OCCCO3. The Kier molecular flexibility index (Phi) is 3.56. The zero-order valence-electron chi connectivity index (χ0n) is 13.0. The molecule has 25 heavy (non-hydrogen) atoms. The van der Waals surface area contributed by atoms with E-state index < -0.39 is 0 Å². The third-order valence-electron chi connectivity index (χ3n) is 3.93. The van der Waals surface area contributed by atoms with Gasteiger partial charge in [0.2, 0.25) is 0 Å². The highest BCUT2D eigenvalue weighted by Gasteiger charge is 2.20. The van der Waals surface area contributed by atoms with Crippen molar-refractivity contribution in [2.45, 2.75) is 13.0 Å². The van der Waals surface area contributed by atoms with Gasteiger partial charge in [0.15, 0.2) is 17.3 Å². The maximum Gasteiger partial charge on any atom is 0.163 e. The van der Waals surface area contributed by atoms with Gasteiger partial charge in [-0.1, -0.05) is 8.98 Å². The van der Waals surface area contributed by atoms with Crippen molar-refractivity contribution in [3.63, 3.8) is 0 Å². The number of fused-ring (bicyclic) bond motifs is 2. The van der Waals surface area contributed by atoms with Crippen LogP contribution in [0.25, 0.3) is 22.6 Å². The van der Waals surface area contributed by atoms with Crippen LogP contribution in [0, 0.1) is 0 Å². The summed E-state index contributed by atoms with van der Waals surface area (Å²) >= 11 is 2.63. The Bertz CT molecular complexity index is 1010. The number of imidazole rings is 1. The van der Waals surface area contributed by atoms with Gasteiger partial charge in [-0.2, -0.15) is 0 Å². The second-order valence-corrected chi connectivity index (χ2v) is 6.77. The van der Waals surface area contributed by atoms with E-state index in [1.807, 2.05) is 22.9 Å². The van der Waals surface area contributed by atoms with Crippen molar-refractivity contribution < 1.29 is 9.47 Å². The van der Waals surface area contributed by atoms with Crippen LogP contribution in [0.1, 0.15) is 12.1 Å². The van der Waals surface area contributed by atoms with Crippen LogP contribution in [-0.4, -0.2) is 41.9 Å². The fraction of sp³-hybridized carbons (Fsp3) is 0.267. The van der Waals surface area contributed by atoms with Gasteiger partial charge in [0.05, 0.1) is 36.5 Å². The zero-order chi connectivity index (χ0) is 16.6. The van der Waals surface area contributed by atoms with Crippen molar-refractivity contribution in [3.8, 4) is 23.0 Å². The van der Waals surface area contributed by atoms with Crippen molar-refractivity contribution in [2.24, 2.45) is 0 Å². The lowest BCUT2D eigenvalue weighted by atomic mass is 10.2. The van der Waals surface area contributed by atoms with Crippen LogP contribution in [0.5, 0.6) is 11.5 Å². The molecule has 1 aliphatic rings. The largest absolute Gasteiger partial charge is 0.489 e. The molecule has 0 radical (unpaired) electrons. The molecule has 1 aliphatic heterocycles. The molecule has 5 rings (SSSR count). The molecular formula is C15H12N6O2S2. The maximum absolute atomic E-state index is 5.83. The quantitative estimate of drug-likeness (QED) is 0.546. The molecule has 0 saturated carbocycles. The van der Waals surface area contributed by atoms with Gasteiger partial charge >= 0.3 is 0 Å². The van der Waals surface area contributed by atoms with Crippen molar-refractivity contribution in [1.29, 1.82) is 0 Å². The first-order chi connectivity index (χ1) is 12.4. The third-order valence-corrected chi connectivity index (χ3v) is 4.99. The highest BCUT2D eigenvalue weighted by molar-refractivity contribution is 7.03. The van der Waals surface area contributed by atoms with Gasteiger partial charge in [-0.05, 0) is 23.1 Å². The molecule has 0 aliphatic carbocycles. The number of hydrogen-bond acceptors (Lipinski definition) is 9. The van der Waals surface area contributed by atoms with Gasteiger partial charge in [-0.3, -0.25) is 0 Å². The summed E-state index contributed by atoms with van der Waals surface area (Å²) in [6, 6.07) is 3.90. The van der Waals surface area contributed by atoms with E-state index in [0.29, 0.717) is 19.8 Å². The molecule has 0 atom stereocenters. The van der Waals surface area contributed by atoms with Gasteiger partial charge in [0.1, 0.15) is 5.69 Å². The van der Waals surface area contributed by atoms with E-state index in [1.165, 1.54) is 23.1 Å². The van der Waals surface area contributed by atoms with E-state index >= 15 is 0 Å². The summed E-state index contributed by atoms with van der Waals surface area (Å²) in [6.07, 6.45) is 0.868. The molecule has 4 aromatic rings. The summed E-state index contributed by atoms with van der Waals surface area (Å²) in [5.74, 6) is 2.22. The molecule has 0 unspecified atom stereocenters. The zero-order valence-corrected chi connectivity index (χ0v) is 14.6. The first kappa shape index (κ1) is 14.7. The van der Waals surface area contributed by atoms with Crippen LogP contribution >= 0.6 is 23.1 Å². The van der Waals surface area contributed by atoms with Crippen LogP contribution in [0.2, 0.25) is 0 Å².